The van der Waals surface area contributed by atoms with Gasteiger partial charge in [-0.15, -0.1) is 0 Å². The third-order valence-electron chi connectivity index (χ3n) is 3.89. The van der Waals surface area contributed by atoms with Gasteiger partial charge in [-0.25, -0.2) is 8.78 Å². The highest BCUT2D eigenvalue weighted by molar-refractivity contribution is 5.65. The van der Waals surface area contributed by atoms with Gasteiger partial charge in [0.1, 0.15) is 0 Å². The van der Waals surface area contributed by atoms with Crippen molar-refractivity contribution in [3.8, 4) is 0 Å². The topological polar surface area (TPSA) is 72.4 Å². The van der Waals surface area contributed by atoms with Gasteiger partial charge in [-0.3, -0.25) is 10.1 Å². The molecule has 0 amide bonds. The van der Waals surface area contributed by atoms with E-state index >= 15 is 0 Å². The van der Waals surface area contributed by atoms with E-state index < -0.39 is 22.2 Å². The number of piperidine rings is 1. The van der Waals surface area contributed by atoms with Crippen LogP contribution in [0, 0.1) is 27.7 Å². The Hall–Kier alpha value is -1.76. The molecule has 7 heteroatoms. The van der Waals surface area contributed by atoms with Gasteiger partial charge in [0, 0.05) is 25.2 Å². The first-order chi connectivity index (χ1) is 9.47. The van der Waals surface area contributed by atoms with E-state index in [9.17, 15) is 18.9 Å². The molecule has 0 aromatic heterocycles. The van der Waals surface area contributed by atoms with E-state index in [1.54, 1.807) is 4.90 Å². The minimum atomic E-state index is -1.17. The number of nitro benzene ring substituents is 1. The molecule has 5 nitrogen and oxygen atoms in total. The van der Waals surface area contributed by atoms with Gasteiger partial charge in [0.2, 0.25) is 0 Å². The van der Waals surface area contributed by atoms with Crippen LogP contribution in [0.25, 0.3) is 0 Å². The SMILES string of the molecule is CC1CCCN(c2c([N+](=O)[O-])ccc(F)c2F)C1CN. The van der Waals surface area contributed by atoms with Crippen LogP contribution < -0.4 is 10.6 Å². The molecule has 1 heterocycles. The third kappa shape index (κ3) is 2.45. The number of anilines is 1. The van der Waals surface area contributed by atoms with E-state index in [2.05, 4.69) is 0 Å². The molecule has 20 heavy (non-hydrogen) atoms. The smallest absolute Gasteiger partial charge is 0.295 e. The summed E-state index contributed by atoms with van der Waals surface area (Å²) < 4.78 is 27.5. The molecule has 1 aromatic rings. The van der Waals surface area contributed by atoms with Gasteiger partial charge in [-0.2, -0.15) is 0 Å². The van der Waals surface area contributed by atoms with Gasteiger partial charge in [-0.1, -0.05) is 6.92 Å². The van der Waals surface area contributed by atoms with Gasteiger partial charge < -0.3 is 10.6 Å². The highest BCUT2D eigenvalue weighted by atomic mass is 19.2. The lowest BCUT2D eigenvalue weighted by atomic mass is 9.90. The van der Waals surface area contributed by atoms with Crippen molar-refractivity contribution in [3.63, 3.8) is 0 Å². The Bertz CT molecular complexity index is 525. The first kappa shape index (κ1) is 14.6. The second kappa shape index (κ2) is 5.70. The Morgan fingerprint density at radius 1 is 1.50 bits per heavy atom. The summed E-state index contributed by atoms with van der Waals surface area (Å²) in [6.45, 7) is 2.65. The Kier molecular flexibility index (Phi) is 4.17. The summed E-state index contributed by atoms with van der Waals surface area (Å²) in [5.74, 6) is -2.08. The number of hydrogen-bond donors (Lipinski definition) is 1. The van der Waals surface area contributed by atoms with E-state index in [-0.39, 0.29) is 24.2 Å². The largest absolute Gasteiger partial charge is 0.359 e. The molecule has 2 N–H and O–H groups in total. The lowest BCUT2D eigenvalue weighted by Gasteiger charge is -2.40. The van der Waals surface area contributed by atoms with E-state index in [4.69, 9.17) is 5.73 Å². The molecular formula is C13H17F2N3O2. The summed E-state index contributed by atoms with van der Waals surface area (Å²) in [7, 11) is 0. The van der Waals surface area contributed by atoms with Gasteiger partial charge in [0.15, 0.2) is 17.3 Å². The quantitative estimate of drug-likeness (QED) is 0.684. The van der Waals surface area contributed by atoms with Crippen LogP contribution in [-0.4, -0.2) is 24.1 Å². The minimum Gasteiger partial charge on any atom is -0.359 e. The second-order valence-electron chi connectivity index (χ2n) is 5.10. The number of benzene rings is 1. The maximum atomic E-state index is 14.1. The minimum absolute atomic E-state index is 0.177. The molecule has 1 saturated heterocycles. The molecule has 2 atom stereocenters. The summed E-state index contributed by atoms with van der Waals surface area (Å²) in [6.07, 6.45) is 1.69. The molecule has 1 aromatic carbocycles. The van der Waals surface area contributed by atoms with Crippen LogP contribution in [0.15, 0.2) is 12.1 Å². The Morgan fingerprint density at radius 3 is 2.80 bits per heavy atom. The van der Waals surface area contributed by atoms with Crippen LogP contribution in [0.1, 0.15) is 19.8 Å². The predicted octanol–water partition coefficient (Wildman–Crippen LogP) is 2.44. The van der Waals surface area contributed by atoms with Gasteiger partial charge in [0.25, 0.3) is 5.69 Å². The average Bonchev–Trinajstić information content (AvgIpc) is 2.41. The molecular weight excluding hydrogens is 268 g/mol. The number of nitrogens with two attached hydrogens (primary N) is 1. The lowest BCUT2D eigenvalue weighted by molar-refractivity contribution is -0.384. The van der Waals surface area contributed by atoms with Gasteiger partial charge >= 0.3 is 0 Å². The maximum absolute atomic E-state index is 14.1. The number of halogens is 2. The fraction of sp³-hybridized carbons (Fsp3) is 0.538. The number of nitro groups is 1. The van der Waals surface area contributed by atoms with Crippen LogP contribution in [0.3, 0.4) is 0 Å². The van der Waals surface area contributed by atoms with Crippen molar-refractivity contribution < 1.29 is 13.7 Å². The van der Waals surface area contributed by atoms with Crippen LogP contribution in [-0.2, 0) is 0 Å². The van der Waals surface area contributed by atoms with Crippen LogP contribution in [0.4, 0.5) is 20.2 Å². The fourth-order valence-corrected chi connectivity index (χ4v) is 2.84. The molecule has 110 valence electrons. The molecule has 0 aliphatic carbocycles. The Labute approximate surface area is 115 Å². The van der Waals surface area contributed by atoms with Crippen molar-refractivity contribution in [1.29, 1.82) is 0 Å². The van der Waals surface area contributed by atoms with E-state index in [1.165, 1.54) is 0 Å². The van der Waals surface area contributed by atoms with Crippen molar-refractivity contribution in [2.24, 2.45) is 11.7 Å². The molecule has 1 aliphatic rings. The molecule has 0 radical (unpaired) electrons. The number of rotatable bonds is 3. The van der Waals surface area contributed by atoms with Crippen molar-refractivity contribution in [1.82, 2.24) is 0 Å². The first-order valence-electron chi connectivity index (χ1n) is 6.56. The van der Waals surface area contributed by atoms with Crippen molar-refractivity contribution in [3.05, 3.63) is 33.9 Å². The van der Waals surface area contributed by atoms with Crippen LogP contribution in [0.5, 0.6) is 0 Å². The maximum Gasteiger partial charge on any atom is 0.295 e. The fourth-order valence-electron chi connectivity index (χ4n) is 2.84. The molecule has 0 spiro atoms. The first-order valence-corrected chi connectivity index (χ1v) is 6.56. The Morgan fingerprint density at radius 2 is 2.20 bits per heavy atom. The zero-order valence-electron chi connectivity index (χ0n) is 11.2. The monoisotopic (exact) mass is 285 g/mol. The average molecular weight is 285 g/mol. The zero-order valence-corrected chi connectivity index (χ0v) is 11.2. The van der Waals surface area contributed by atoms with E-state index in [1.807, 2.05) is 6.92 Å². The van der Waals surface area contributed by atoms with Crippen LogP contribution in [0.2, 0.25) is 0 Å². The molecule has 2 rings (SSSR count). The van der Waals surface area contributed by atoms with Crippen molar-refractivity contribution >= 4 is 11.4 Å². The standard InChI is InChI=1S/C13H17F2N3O2/c1-8-3-2-6-17(11(8)7-16)13-10(18(19)20)5-4-9(14)12(13)15/h4-5,8,11H,2-3,6-7,16H2,1H3. The van der Waals surface area contributed by atoms with E-state index in [0.717, 1.165) is 25.0 Å². The summed E-state index contributed by atoms with van der Waals surface area (Å²) in [6, 6.07) is 1.56. The van der Waals surface area contributed by atoms with E-state index in [0.29, 0.717) is 6.54 Å². The normalized spacial score (nSPS) is 22.9. The number of nitrogens with zero attached hydrogens (tertiary/aromatic N) is 2. The predicted molar refractivity (Wildman–Crippen MR) is 71.6 cm³/mol. The summed E-state index contributed by atoms with van der Waals surface area (Å²) in [5.41, 5.74) is 5.01. The summed E-state index contributed by atoms with van der Waals surface area (Å²) in [5, 5.41) is 11.1. The highest BCUT2D eigenvalue weighted by Gasteiger charge is 2.34. The van der Waals surface area contributed by atoms with Crippen molar-refractivity contribution in [2.75, 3.05) is 18.0 Å². The molecule has 2 unspecified atom stereocenters. The summed E-state index contributed by atoms with van der Waals surface area (Å²) >= 11 is 0. The van der Waals surface area contributed by atoms with Crippen molar-refractivity contribution in [2.45, 2.75) is 25.8 Å². The second-order valence-corrected chi connectivity index (χ2v) is 5.10. The molecule has 1 fully saturated rings. The molecule has 0 bridgehead atoms. The third-order valence-corrected chi connectivity index (χ3v) is 3.89. The Balaban J connectivity index is 2.54. The molecule has 1 aliphatic heterocycles. The lowest BCUT2D eigenvalue weighted by Crippen LogP contribution is -2.49. The summed E-state index contributed by atoms with van der Waals surface area (Å²) in [4.78, 5) is 11.9. The zero-order chi connectivity index (χ0) is 14.9. The highest BCUT2D eigenvalue weighted by Crippen LogP contribution is 2.37. The van der Waals surface area contributed by atoms with Gasteiger partial charge in [0.05, 0.1) is 4.92 Å². The molecule has 0 saturated carbocycles. The number of hydrogen-bond acceptors (Lipinski definition) is 4. The van der Waals surface area contributed by atoms with Crippen LogP contribution >= 0.6 is 0 Å². The van der Waals surface area contributed by atoms with Gasteiger partial charge in [-0.05, 0) is 24.8 Å².